The smallest absolute Gasteiger partial charge is 0.191 e. The Balaban J connectivity index is 1.62. The summed E-state index contributed by atoms with van der Waals surface area (Å²) in [5, 5.41) is 0. The minimum absolute atomic E-state index is 0.0460. The van der Waals surface area contributed by atoms with E-state index in [1.807, 2.05) is 54.2 Å². The van der Waals surface area contributed by atoms with Crippen molar-refractivity contribution < 1.29 is 9.21 Å². The summed E-state index contributed by atoms with van der Waals surface area (Å²) in [4.78, 5) is 21.3. The van der Waals surface area contributed by atoms with E-state index in [9.17, 15) is 4.79 Å². The molecule has 5 nitrogen and oxygen atoms in total. The molecule has 0 radical (unpaired) electrons. The molecule has 4 rings (SSSR count). The molecule has 1 atom stereocenters. The number of ketones is 1. The monoisotopic (exact) mass is 333 g/mol. The number of carbonyl (C=O) groups excluding carboxylic acids is 1. The van der Waals surface area contributed by atoms with E-state index in [1.165, 1.54) is 0 Å². The highest BCUT2D eigenvalue weighted by atomic mass is 16.4. The average molecular weight is 333 g/mol. The van der Waals surface area contributed by atoms with Gasteiger partial charge in [-0.25, -0.2) is 9.97 Å². The van der Waals surface area contributed by atoms with Crippen molar-refractivity contribution in [2.45, 2.75) is 19.8 Å². The molecule has 0 N–H and O–H groups in total. The molecule has 0 spiro atoms. The van der Waals surface area contributed by atoms with Crippen molar-refractivity contribution >= 4 is 11.9 Å². The number of carbonyl (C=O) groups is 1. The largest absolute Gasteiger partial charge is 0.445 e. The van der Waals surface area contributed by atoms with Gasteiger partial charge in [0.1, 0.15) is 11.5 Å². The third-order valence-electron chi connectivity index (χ3n) is 4.51. The quantitative estimate of drug-likeness (QED) is 0.730. The van der Waals surface area contributed by atoms with Crippen LogP contribution in [0.5, 0.6) is 0 Å². The lowest BCUT2D eigenvalue weighted by Crippen LogP contribution is -2.20. The van der Waals surface area contributed by atoms with Gasteiger partial charge in [0.25, 0.3) is 0 Å². The molecule has 1 aliphatic rings. The summed E-state index contributed by atoms with van der Waals surface area (Å²) in [6, 6.07) is 8.08. The van der Waals surface area contributed by atoms with E-state index >= 15 is 0 Å². The molecule has 25 heavy (non-hydrogen) atoms. The van der Waals surface area contributed by atoms with Crippen LogP contribution in [0.15, 0.2) is 47.3 Å². The fourth-order valence-corrected chi connectivity index (χ4v) is 3.26. The van der Waals surface area contributed by atoms with Crippen molar-refractivity contribution in [3.63, 3.8) is 0 Å². The highest BCUT2D eigenvalue weighted by Gasteiger charge is 2.30. The van der Waals surface area contributed by atoms with E-state index in [0.29, 0.717) is 11.6 Å². The molecule has 5 heteroatoms. The van der Waals surface area contributed by atoms with Gasteiger partial charge in [0.05, 0.1) is 12.0 Å². The van der Waals surface area contributed by atoms with Crippen LogP contribution in [0.3, 0.4) is 0 Å². The molecule has 0 amide bonds. The van der Waals surface area contributed by atoms with Gasteiger partial charge in [-0.05, 0) is 12.0 Å². The van der Waals surface area contributed by atoms with E-state index in [4.69, 9.17) is 4.42 Å². The number of hydrogen-bond donors (Lipinski definition) is 0. The molecule has 0 saturated heterocycles. The molecular formula is C20H19N3O2. The standard InChI is InChI=1S/C20H19N3O2/c1-13-22-19-18(25-13)10-9-15(20(19)24)8-7-14-5-3-4-6-16(14)17-11-23(2)12-21-17/h3-8,11-12,15H,9-10H2,1-2H3/b8-7+. The molecule has 2 aromatic heterocycles. The van der Waals surface area contributed by atoms with Crippen molar-refractivity contribution in [1.29, 1.82) is 0 Å². The van der Waals surface area contributed by atoms with Crippen LogP contribution in [0.25, 0.3) is 17.3 Å². The first-order valence-electron chi connectivity index (χ1n) is 8.38. The van der Waals surface area contributed by atoms with Crippen LogP contribution >= 0.6 is 0 Å². The fraction of sp³-hybridized carbons (Fsp3) is 0.250. The third kappa shape index (κ3) is 2.93. The number of imidazole rings is 1. The van der Waals surface area contributed by atoms with Gasteiger partial charge < -0.3 is 8.98 Å². The summed E-state index contributed by atoms with van der Waals surface area (Å²) < 4.78 is 7.43. The number of aryl methyl sites for hydroxylation is 3. The maximum atomic E-state index is 12.6. The van der Waals surface area contributed by atoms with Crippen LogP contribution in [0, 0.1) is 12.8 Å². The Kier molecular flexibility index (Phi) is 3.84. The Bertz CT molecular complexity index is 965. The molecule has 126 valence electrons. The third-order valence-corrected chi connectivity index (χ3v) is 4.51. The molecule has 2 heterocycles. The molecule has 0 fully saturated rings. The first-order chi connectivity index (χ1) is 12.1. The van der Waals surface area contributed by atoms with Crippen LogP contribution in [0.4, 0.5) is 0 Å². The van der Waals surface area contributed by atoms with Gasteiger partial charge in [-0.3, -0.25) is 4.79 Å². The second-order valence-corrected chi connectivity index (χ2v) is 6.38. The van der Waals surface area contributed by atoms with Gasteiger partial charge in [-0.15, -0.1) is 0 Å². The number of aromatic nitrogens is 3. The fourth-order valence-electron chi connectivity index (χ4n) is 3.26. The molecule has 1 unspecified atom stereocenters. The lowest BCUT2D eigenvalue weighted by Gasteiger charge is -2.15. The van der Waals surface area contributed by atoms with Gasteiger partial charge in [-0.1, -0.05) is 36.4 Å². The number of benzene rings is 1. The van der Waals surface area contributed by atoms with E-state index in [0.717, 1.165) is 35.4 Å². The molecular weight excluding hydrogens is 314 g/mol. The van der Waals surface area contributed by atoms with E-state index in [-0.39, 0.29) is 11.7 Å². The Morgan fingerprint density at radius 2 is 2.16 bits per heavy atom. The number of fused-ring (bicyclic) bond motifs is 1. The summed E-state index contributed by atoms with van der Waals surface area (Å²) in [6.45, 7) is 1.78. The van der Waals surface area contributed by atoms with Gasteiger partial charge in [0, 0.05) is 38.1 Å². The van der Waals surface area contributed by atoms with Crippen molar-refractivity contribution in [1.82, 2.24) is 14.5 Å². The summed E-state index contributed by atoms with van der Waals surface area (Å²) in [5.74, 6) is 1.17. The molecule has 1 aromatic carbocycles. The lowest BCUT2D eigenvalue weighted by atomic mass is 9.88. The van der Waals surface area contributed by atoms with Gasteiger partial charge in [0.15, 0.2) is 11.7 Å². The molecule has 0 bridgehead atoms. The molecule has 0 aliphatic heterocycles. The molecule has 0 saturated carbocycles. The minimum Gasteiger partial charge on any atom is -0.445 e. The normalized spacial score (nSPS) is 17.2. The predicted octanol–water partition coefficient (Wildman–Crippen LogP) is 3.84. The Hall–Kier alpha value is -2.95. The summed E-state index contributed by atoms with van der Waals surface area (Å²) in [5.41, 5.74) is 3.53. The topological polar surface area (TPSA) is 60.9 Å². The van der Waals surface area contributed by atoms with E-state index < -0.39 is 0 Å². The van der Waals surface area contributed by atoms with E-state index in [1.54, 1.807) is 13.3 Å². The van der Waals surface area contributed by atoms with Crippen LogP contribution in [-0.4, -0.2) is 20.3 Å². The van der Waals surface area contributed by atoms with Crippen LogP contribution in [-0.2, 0) is 13.5 Å². The predicted molar refractivity (Wildman–Crippen MR) is 95.1 cm³/mol. The number of nitrogens with zero attached hydrogens (tertiary/aromatic N) is 3. The van der Waals surface area contributed by atoms with Crippen molar-refractivity contribution in [2.24, 2.45) is 13.0 Å². The first-order valence-corrected chi connectivity index (χ1v) is 8.38. The van der Waals surface area contributed by atoms with Crippen LogP contribution in [0.2, 0.25) is 0 Å². The lowest BCUT2D eigenvalue weighted by molar-refractivity contribution is 0.0922. The zero-order valence-corrected chi connectivity index (χ0v) is 14.3. The second kappa shape index (κ2) is 6.16. The van der Waals surface area contributed by atoms with Gasteiger partial charge >= 0.3 is 0 Å². The highest BCUT2D eigenvalue weighted by Crippen LogP contribution is 2.29. The van der Waals surface area contributed by atoms with Crippen molar-refractivity contribution in [3.05, 3.63) is 65.8 Å². The summed E-state index contributed by atoms with van der Waals surface area (Å²) >= 11 is 0. The SMILES string of the molecule is Cc1nc2c(o1)CCC(/C=C/c1ccccc1-c1cn(C)cn1)C2=O. The van der Waals surface area contributed by atoms with Crippen LogP contribution in [0.1, 0.15) is 34.1 Å². The maximum absolute atomic E-state index is 12.6. The zero-order valence-electron chi connectivity index (χ0n) is 14.3. The number of allylic oxidation sites excluding steroid dienone is 1. The number of Topliss-reactive ketones (excluding diaryl/α,β-unsaturated/α-hetero) is 1. The zero-order chi connectivity index (χ0) is 17.4. The highest BCUT2D eigenvalue weighted by molar-refractivity contribution is 5.99. The number of hydrogen-bond acceptors (Lipinski definition) is 4. The Morgan fingerprint density at radius 3 is 2.96 bits per heavy atom. The molecule has 3 aromatic rings. The van der Waals surface area contributed by atoms with Crippen LogP contribution < -0.4 is 0 Å². The molecule has 1 aliphatic carbocycles. The van der Waals surface area contributed by atoms with Gasteiger partial charge in [0.2, 0.25) is 0 Å². The summed E-state index contributed by atoms with van der Waals surface area (Å²) in [7, 11) is 1.95. The maximum Gasteiger partial charge on any atom is 0.191 e. The van der Waals surface area contributed by atoms with E-state index in [2.05, 4.69) is 9.97 Å². The minimum atomic E-state index is -0.159. The van der Waals surface area contributed by atoms with Crippen molar-refractivity contribution in [2.75, 3.05) is 0 Å². The number of rotatable bonds is 3. The second-order valence-electron chi connectivity index (χ2n) is 6.38. The Morgan fingerprint density at radius 1 is 1.32 bits per heavy atom. The Labute approximate surface area is 146 Å². The average Bonchev–Trinajstić information content (AvgIpc) is 3.20. The van der Waals surface area contributed by atoms with Gasteiger partial charge in [-0.2, -0.15) is 0 Å². The summed E-state index contributed by atoms with van der Waals surface area (Å²) in [6.07, 6.45) is 9.28. The first kappa shape index (κ1) is 15.6. The van der Waals surface area contributed by atoms with Crippen molar-refractivity contribution in [3.8, 4) is 11.3 Å². The number of oxazole rings is 1.